The minimum Gasteiger partial charge on any atom is -0.497 e. The molecule has 1 saturated heterocycles. The van der Waals surface area contributed by atoms with Crippen LogP contribution in [0.5, 0.6) is 5.75 Å². The standard InChI is InChI=1S/C22H32N6O2S/c1-30-19-11-9-17(10-12-19)20(27-13-5-2-6-14-27)15-23-21(29)16-31-22-24-25-26-28(22)18-7-3-4-8-18/h9-12,18,20H,2-8,13-16H2,1H3,(H,23,29). The lowest BCUT2D eigenvalue weighted by atomic mass is 10.0. The molecule has 1 N–H and O–H groups in total. The third-order valence-corrected chi connectivity index (χ3v) is 7.22. The molecule has 168 valence electrons. The summed E-state index contributed by atoms with van der Waals surface area (Å²) in [6.45, 7) is 2.73. The first-order valence-electron chi connectivity index (χ1n) is 11.3. The Balaban J connectivity index is 1.34. The molecule has 0 bridgehead atoms. The molecule has 1 atom stereocenters. The Bertz CT molecular complexity index is 831. The molecule has 1 aliphatic heterocycles. The lowest BCUT2D eigenvalue weighted by Crippen LogP contribution is -2.41. The van der Waals surface area contributed by atoms with Crippen LogP contribution in [0, 0.1) is 0 Å². The topological polar surface area (TPSA) is 85.2 Å². The predicted molar refractivity (Wildman–Crippen MR) is 120 cm³/mol. The highest BCUT2D eigenvalue weighted by atomic mass is 32.2. The fraction of sp³-hybridized carbons (Fsp3) is 0.636. The Morgan fingerprint density at radius 2 is 1.90 bits per heavy atom. The van der Waals surface area contributed by atoms with Gasteiger partial charge in [0.05, 0.1) is 24.9 Å². The molecular formula is C22H32N6O2S. The number of thioether (sulfide) groups is 1. The zero-order valence-electron chi connectivity index (χ0n) is 18.2. The number of hydrogen-bond donors (Lipinski definition) is 1. The first-order valence-corrected chi connectivity index (χ1v) is 12.3. The maximum Gasteiger partial charge on any atom is 0.230 e. The van der Waals surface area contributed by atoms with E-state index in [0.29, 0.717) is 18.3 Å². The Labute approximate surface area is 188 Å². The van der Waals surface area contributed by atoms with Gasteiger partial charge in [0.25, 0.3) is 0 Å². The van der Waals surface area contributed by atoms with Gasteiger partial charge in [-0.1, -0.05) is 43.2 Å². The fourth-order valence-electron chi connectivity index (χ4n) is 4.56. The summed E-state index contributed by atoms with van der Waals surface area (Å²) in [7, 11) is 1.68. The van der Waals surface area contributed by atoms with Gasteiger partial charge in [-0.3, -0.25) is 9.69 Å². The molecule has 1 amide bonds. The van der Waals surface area contributed by atoms with Gasteiger partial charge in [0.1, 0.15) is 5.75 Å². The van der Waals surface area contributed by atoms with E-state index in [2.05, 4.69) is 37.9 Å². The van der Waals surface area contributed by atoms with E-state index in [9.17, 15) is 4.79 Å². The summed E-state index contributed by atoms with van der Waals surface area (Å²) in [6.07, 6.45) is 8.37. The van der Waals surface area contributed by atoms with E-state index < -0.39 is 0 Å². The van der Waals surface area contributed by atoms with Crippen molar-refractivity contribution in [3.63, 3.8) is 0 Å². The normalized spacial score (nSPS) is 18.7. The first kappa shape index (κ1) is 22.1. The van der Waals surface area contributed by atoms with E-state index in [-0.39, 0.29) is 11.9 Å². The number of amides is 1. The number of hydrogen-bond acceptors (Lipinski definition) is 7. The van der Waals surface area contributed by atoms with Gasteiger partial charge in [-0.2, -0.15) is 0 Å². The number of methoxy groups -OCH3 is 1. The summed E-state index contributed by atoms with van der Waals surface area (Å²) >= 11 is 1.42. The summed E-state index contributed by atoms with van der Waals surface area (Å²) in [5, 5.41) is 16.0. The number of likely N-dealkylation sites (tertiary alicyclic amines) is 1. The molecule has 1 aromatic carbocycles. The number of ether oxygens (including phenoxy) is 1. The highest BCUT2D eigenvalue weighted by Gasteiger charge is 2.24. The average molecular weight is 445 g/mol. The van der Waals surface area contributed by atoms with Gasteiger partial charge in [-0.25, -0.2) is 4.68 Å². The van der Waals surface area contributed by atoms with Crippen molar-refractivity contribution in [3.05, 3.63) is 29.8 Å². The molecular weight excluding hydrogens is 412 g/mol. The number of rotatable bonds is 9. The molecule has 8 nitrogen and oxygen atoms in total. The second-order valence-electron chi connectivity index (χ2n) is 8.32. The average Bonchev–Trinajstić information content (AvgIpc) is 3.51. The van der Waals surface area contributed by atoms with Crippen LogP contribution in [-0.4, -0.2) is 63.5 Å². The highest BCUT2D eigenvalue weighted by Crippen LogP contribution is 2.31. The lowest BCUT2D eigenvalue weighted by Gasteiger charge is -2.35. The number of tetrazole rings is 1. The number of carbonyl (C=O) groups is 1. The summed E-state index contributed by atoms with van der Waals surface area (Å²) < 4.78 is 7.20. The summed E-state index contributed by atoms with van der Waals surface area (Å²) in [4.78, 5) is 15.1. The number of piperidine rings is 1. The van der Waals surface area contributed by atoms with Crippen LogP contribution in [0.25, 0.3) is 0 Å². The Morgan fingerprint density at radius 3 is 2.61 bits per heavy atom. The zero-order chi connectivity index (χ0) is 21.5. The van der Waals surface area contributed by atoms with Crippen LogP contribution in [0.3, 0.4) is 0 Å². The van der Waals surface area contributed by atoms with Crippen molar-refractivity contribution < 1.29 is 9.53 Å². The summed E-state index contributed by atoms with van der Waals surface area (Å²) in [5.41, 5.74) is 1.21. The van der Waals surface area contributed by atoms with Crippen molar-refractivity contribution in [3.8, 4) is 5.75 Å². The quantitative estimate of drug-likeness (QED) is 0.594. The van der Waals surface area contributed by atoms with Crippen molar-refractivity contribution in [1.29, 1.82) is 0 Å². The molecule has 1 saturated carbocycles. The molecule has 2 aliphatic rings. The molecule has 0 spiro atoms. The molecule has 31 heavy (non-hydrogen) atoms. The molecule has 2 aromatic rings. The van der Waals surface area contributed by atoms with Gasteiger partial charge < -0.3 is 10.1 Å². The van der Waals surface area contributed by atoms with Crippen LogP contribution in [0.1, 0.15) is 62.6 Å². The van der Waals surface area contributed by atoms with Gasteiger partial charge in [0.15, 0.2) is 0 Å². The number of carbonyl (C=O) groups excluding carboxylic acids is 1. The maximum absolute atomic E-state index is 12.6. The third-order valence-electron chi connectivity index (χ3n) is 6.29. The minimum absolute atomic E-state index is 0.0153. The minimum atomic E-state index is 0.0153. The van der Waals surface area contributed by atoms with Crippen LogP contribution in [0.15, 0.2) is 29.4 Å². The largest absolute Gasteiger partial charge is 0.497 e. The zero-order valence-corrected chi connectivity index (χ0v) is 19.0. The van der Waals surface area contributed by atoms with Crippen molar-refractivity contribution in [2.24, 2.45) is 0 Å². The number of nitrogens with one attached hydrogen (secondary N) is 1. The predicted octanol–water partition coefficient (Wildman–Crippen LogP) is 3.23. The van der Waals surface area contributed by atoms with Crippen LogP contribution in [0.4, 0.5) is 0 Å². The van der Waals surface area contributed by atoms with Crippen LogP contribution in [-0.2, 0) is 4.79 Å². The van der Waals surface area contributed by atoms with E-state index in [1.807, 2.05) is 16.8 Å². The van der Waals surface area contributed by atoms with E-state index in [1.165, 1.54) is 49.4 Å². The lowest BCUT2D eigenvalue weighted by molar-refractivity contribution is -0.118. The van der Waals surface area contributed by atoms with E-state index in [4.69, 9.17) is 4.74 Å². The first-order chi connectivity index (χ1) is 15.2. The second-order valence-corrected chi connectivity index (χ2v) is 9.27. The van der Waals surface area contributed by atoms with Gasteiger partial charge in [-0.05, 0) is 66.9 Å². The van der Waals surface area contributed by atoms with Crippen molar-refractivity contribution >= 4 is 17.7 Å². The molecule has 4 rings (SSSR count). The number of nitrogens with zero attached hydrogens (tertiary/aromatic N) is 5. The van der Waals surface area contributed by atoms with Crippen molar-refractivity contribution in [2.75, 3.05) is 32.5 Å². The molecule has 9 heteroatoms. The van der Waals surface area contributed by atoms with E-state index >= 15 is 0 Å². The molecule has 1 aliphatic carbocycles. The molecule has 0 radical (unpaired) electrons. The van der Waals surface area contributed by atoms with Crippen molar-refractivity contribution in [1.82, 2.24) is 30.4 Å². The maximum atomic E-state index is 12.6. The van der Waals surface area contributed by atoms with Gasteiger partial charge in [0, 0.05) is 6.54 Å². The number of aromatic nitrogens is 4. The van der Waals surface area contributed by atoms with Gasteiger partial charge in [-0.15, -0.1) is 5.10 Å². The molecule has 2 heterocycles. The smallest absolute Gasteiger partial charge is 0.230 e. The van der Waals surface area contributed by atoms with Crippen LogP contribution >= 0.6 is 11.8 Å². The van der Waals surface area contributed by atoms with Crippen LogP contribution < -0.4 is 10.1 Å². The SMILES string of the molecule is COc1ccc(C(CNC(=O)CSc2nnnn2C2CCCC2)N2CCCCC2)cc1. The number of benzene rings is 1. The van der Waals surface area contributed by atoms with Crippen LogP contribution in [0.2, 0.25) is 0 Å². The molecule has 2 fully saturated rings. The third kappa shape index (κ3) is 5.77. The highest BCUT2D eigenvalue weighted by molar-refractivity contribution is 7.99. The Kier molecular flexibility index (Phi) is 7.80. The Hall–Kier alpha value is -2.13. The van der Waals surface area contributed by atoms with E-state index in [1.54, 1.807) is 7.11 Å². The van der Waals surface area contributed by atoms with E-state index in [0.717, 1.165) is 36.8 Å². The fourth-order valence-corrected chi connectivity index (χ4v) is 5.34. The van der Waals surface area contributed by atoms with Gasteiger partial charge in [0.2, 0.25) is 11.1 Å². The monoisotopic (exact) mass is 444 g/mol. The second kappa shape index (κ2) is 10.9. The molecule has 1 unspecified atom stereocenters. The summed E-state index contributed by atoms with van der Waals surface area (Å²) in [6, 6.07) is 8.74. The summed E-state index contributed by atoms with van der Waals surface area (Å²) in [5.74, 6) is 1.19. The molecule has 1 aromatic heterocycles. The van der Waals surface area contributed by atoms with Gasteiger partial charge >= 0.3 is 0 Å². The van der Waals surface area contributed by atoms with Crippen molar-refractivity contribution in [2.45, 2.75) is 62.2 Å². The Morgan fingerprint density at radius 1 is 1.16 bits per heavy atom.